The molecule has 1 saturated heterocycles. The standard InChI is InChI=1S/C31H29ClN6O2S.C2HF3O2/c32-22-13-21-4-11-37(19-31(18-33)6-9-34-10-7-31)28(21)25(14-22)24-3-8-35-26-15-23(41-29(24)26)17-38-27(39)5-12-36(30(38)40)16-20-1-2-20;3-2(4,5)1(6)7/h3-5,8,11-15,20,34H,1-2,6-7,9-10,16-17,19H2;(H,6,7). The number of hydrogen-bond acceptors (Lipinski definition) is 7. The van der Waals surface area contributed by atoms with Crippen LogP contribution in [0.15, 0.2) is 64.6 Å². The molecule has 5 aromatic rings. The van der Waals surface area contributed by atoms with Crippen LogP contribution < -0.4 is 16.6 Å². The quantitative estimate of drug-likeness (QED) is 0.217. The van der Waals surface area contributed by atoms with Crippen LogP contribution in [0.3, 0.4) is 0 Å². The van der Waals surface area contributed by atoms with Crippen LogP contribution >= 0.6 is 22.9 Å². The molecule has 0 amide bonds. The first-order valence-corrected chi connectivity index (χ1v) is 16.5. The number of thiophene rings is 1. The minimum atomic E-state index is -5.08. The number of hydrogen-bond donors (Lipinski definition) is 2. The van der Waals surface area contributed by atoms with E-state index in [1.165, 1.54) is 10.6 Å². The van der Waals surface area contributed by atoms with Gasteiger partial charge in [0.15, 0.2) is 0 Å². The number of carboxylic acid groups (broad SMARTS) is 1. The summed E-state index contributed by atoms with van der Waals surface area (Å²) in [5, 5.41) is 22.3. The second kappa shape index (κ2) is 13.2. The molecule has 0 bridgehead atoms. The van der Waals surface area contributed by atoms with Crippen LogP contribution in [0.4, 0.5) is 13.2 Å². The van der Waals surface area contributed by atoms with Crippen LogP contribution in [-0.2, 0) is 24.4 Å². The maximum absolute atomic E-state index is 13.1. The summed E-state index contributed by atoms with van der Waals surface area (Å²) in [4.78, 5) is 40.2. The van der Waals surface area contributed by atoms with Crippen molar-refractivity contribution in [3.05, 3.63) is 85.7 Å². The van der Waals surface area contributed by atoms with Gasteiger partial charge in [-0.05, 0) is 75.0 Å². The summed E-state index contributed by atoms with van der Waals surface area (Å²) >= 11 is 8.17. The molecule has 4 aromatic heterocycles. The molecule has 1 aliphatic carbocycles. The first kappa shape index (κ1) is 33.5. The van der Waals surface area contributed by atoms with Gasteiger partial charge in [-0.3, -0.25) is 14.3 Å². The molecule has 10 nitrogen and oxygen atoms in total. The third-order valence-electron chi connectivity index (χ3n) is 8.70. The van der Waals surface area contributed by atoms with Crippen molar-refractivity contribution >= 4 is 50.0 Å². The highest BCUT2D eigenvalue weighted by Crippen LogP contribution is 2.41. The summed E-state index contributed by atoms with van der Waals surface area (Å²) in [6.45, 7) is 3.14. The molecule has 5 heterocycles. The van der Waals surface area contributed by atoms with Crippen molar-refractivity contribution < 1.29 is 23.1 Å². The number of carbonyl (C=O) groups is 1. The van der Waals surface area contributed by atoms with Crippen LogP contribution in [0.2, 0.25) is 5.02 Å². The number of rotatable bonds is 7. The lowest BCUT2D eigenvalue weighted by molar-refractivity contribution is -0.192. The van der Waals surface area contributed by atoms with Gasteiger partial charge in [0.25, 0.3) is 5.56 Å². The summed E-state index contributed by atoms with van der Waals surface area (Å²) in [7, 11) is 0. The second-order valence-electron chi connectivity index (χ2n) is 12.2. The van der Waals surface area contributed by atoms with Crippen molar-refractivity contribution in [2.75, 3.05) is 13.1 Å². The predicted octanol–water partition coefficient (Wildman–Crippen LogP) is 5.88. The first-order chi connectivity index (χ1) is 22.9. The summed E-state index contributed by atoms with van der Waals surface area (Å²) in [5.41, 5.74) is 2.81. The number of aliphatic carboxylic acids is 1. The van der Waals surface area contributed by atoms with Crippen LogP contribution in [0.5, 0.6) is 0 Å². The highest BCUT2D eigenvalue weighted by Gasteiger charge is 2.38. The Labute approximate surface area is 280 Å². The number of nitrogens with zero attached hydrogens (tertiary/aromatic N) is 5. The lowest BCUT2D eigenvalue weighted by Gasteiger charge is -2.32. The molecule has 0 spiro atoms. The Morgan fingerprint density at radius 3 is 2.48 bits per heavy atom. The summed E-state index contributed by atoms with van der Waals surface area (Å²) in [6.07, 6.45) is 4.25. The minimum absolute atomic E-state index is 0.198. The Kier molecular flexibility index (Phi) is 9.21. The van der Waals surface area contributed by atoms with Crippen LogP contribution in [0, 0.1) is 22.7 Å². The van der Waals surface area contributed by atoms with Gasteiger partial charge >= 0.3 is 17.8 Å². The van der Waals surface area contributed by atoms with Gasteiger partial charge in [0.2, 0.25) is 0 Å². The molecular weight excluding hydrogens is 669 g/mol. The fourth-order valence-electron chi connectivity index (χ4n) is 6.04. The van der Waals surface area contributed by atoms with Gasteiger partial charge in [0.1, 0.15) is 0 Å². The van der Waals surface area contributed by atoms with Crippen molar-refractivity contribution in [2.24, 2.45) is 11.3 Å². The smallest absolute Gasteiger partial charge is 0.475 e. The predicted molar refractivity (Wildman–Crippen MR) is 176 cm³/mol. The fraction of sp³-hybridized carbons (Fsp3) is 0.364. The summed E-state index contributed by atoms with van der Waals surface area (Å²) in [5.74, 6) is -2.23. The van der Waals surface area contributed by atoms with Crippen LogP contribution in [-0.4, -0.2) is 49.0 Å². The number of piperidine rings is 1. The zero-order chi connectivity index (χ0) is 34.2. The van der Waals surface area contributed by atoms with Gasteiger partial charge in [0, 0.05) is 64.2 Å². The molecular formula is C33H30ClF3N6O4S. The van der Waals surface area contributed by atoms with E-state index >= 15 is 0 Å². The molecule has 0 unspecified atom stereocenters. The average molecular weight is 699 g/mol. The van der Waals surface area contributed by atoms with Gasteiger partial charge in [-0.2, -0.15) is 18.4 Å². The van der Waals surface area contributed by atoms with Crippen molar-refractivity contribution in [2.45, 2.75) is 51.5 Å². The zero-order valence-electron chi connectivity index (χ0n) is 25.5. The third kappa shape index (κ3) is 7.03. The Hall–Kier alpha value is -4.45. The minimum Gasteiger partial charge on any atom is -0.475 e. The second-order valence-corrected chi connectivity index (χ2v) is 13.8. The van der Waals surface area contributed by atoms with E-state index in [9.17, 15) is 28.0 Å². The number of nitrogens with one attached hydrogen (secondary N) is 1. The lowest BCUT2D eigenvalue weighted by Crippen LogP contribution is -2.39. The van der Waals surface area contributed by atoms with Crippen LogP contribution in [0.25, 0.3) is 32.2 Å². The lowest BCUT2D eigenvalue weighted by atomic mass is 9.80. The van der Waals surface area contributed by atoms with E-state index in [4.69, 9.17) is 21.5 Å². The number of nitriles is 1. The molecule has 7 rings (SSSR count). The molecule has 0 atom stereocenters. The molecule has 2 aliphatic rings. The number of aromatic nitrogens is 4. The Morgan fingerprint density at radius 2 is 1.81 bits per heavy atom. The summed E-state index contributed by atoms with van der Waals surface area (Å²) in [6, 6.07) is 14.1. The number of alkyl halides is 3. The van der Waals surface area contributed by atoms with Crippen molar-refractivity contribution in [3.8, 4) is 17.2 Å². The molecule has 48 heavy (non-hydrogen) atoms. The van der Waals surface area contributed by atoms with Gasteiger partial charge in [-0.1, -0.05) is 11.6 Å². The maximum atomic E-state index is 13.1. The van der Waals surface area contributed by atoms with Gasteiger partial charge in [-0.25, -0.2) is 9.59 Å². The molecule has 2 N–H and O–H groups in total. The van der Waals surface area contributed by atoms with Crippen molar-refractivity contribution in [3.63, 3.8) is 0 Å². The largest absolute Gasteiger partial charge is 0.490 e. The van der Waals surface area contributed by atoms with E-state index in [-0.39, 0.29) is 17.8 Å². The Bertz CT molecular complexity index is 2170. The molecule has 2 fully saturated rings. The van der Waals surface area contributed by atoms with E-state index in [1.54, 1.807) is 28.3 Å². The third-order valence-corrected chi connectivity index (χ3v) is 10.1. The average Bonchev–Trinajstić information content (AvgIpc) is 3.64. The molecule has 0 radical (unpaired) electrons. The molecule has 15 heteroatoms. The summed E-state index contributed by atoms with van der Waals surface area (Å²) < 4.78 is 37.9. The fourth-order valence-corrected chi connectivity index (χ4v) is 7.40. The van der Waals surface area contributed by atoms with E-state index < -0.39 is 17.6 Å². The van der Waals surface area contributed by atoms with E-state index in [1.807, 2.05) is 24.3 Å². The van der Waals surface area contributed by atoms with E-state index in [2.05, 4.69) is 33.2 Å². The van der Waals surface area contributed by atoms with Crippen molar-refractivity contribution in [1.29, 1.82) is 5.26 Å². The molecule has 1 aromatic carbocycles. The zero-order valence-corrected chi connectivity index (χ0v) is 27.0. The maximum Gasteiger partial charge on any atom is 0.490 e. The van der Waals surface area contributed by atoms with Gasteiger partial charge in [-0.15, -0.1) is 11.3 Å². The molecule has 1 aliphatic heterocycles. The number of carboxylic acids is 1. The molecule has 1 saturated carbocycles. The topological polar surface area (TPSA) is 135 Å². The van der Waals surface area contributed by atoms with Gasteiger partial charge < -0.3 is 19.6 Å². The monoisotopic (exact) mass is 698 g/mol. The number of benzene rings is 1. The Morgan fingerprint density at radius 1 is 1.10 bits per heavy atom. The van der Waals surface area contributed by atoms with E-state index in [0.717, 1.165) is 75.9 Å². The SMILES string of the molecule is N#CC1(Cn2ccc3cc(Cl)cc(-c4ccnc5cc(Cn6c(=O)ccn(CC7CC7)c6=O)sc45)c32)CCNCC1.O=C(O)C(F)(F)F. The van der Waals surface area contributed by atoms with Gasteiger partial charge in [0.05, 0.1) is 33.8 Å². The number of fused-ring (bicyclic) bond motifs is 2. The number of halogens is 4. The normalized spacial score (nSPS) is 16.0. The highest BCUT2D eigenvalue weighted by atomic mass is 35.5. The van der Waals surface area contributed by atoms with E-state index in [0.29, 0.717) is 24.0 Å². The molecule has 250 valence electrons. The van der Waals surface area contributed by atoms with Crippen molar-refractivity contribution in [1.82, 2.24) is 24.0 Å². The number of pyridine rings is 1. The first-order valence-electron chi connectivity index (χ1n) is 15.3. The van der Waals surface area contributed by atoms with Crippen LogP contribution in [0.1, 0.15) is 30.6 Å². The highest BCUT2D eigenvalue weighted by molar-refractivity contribution is 7.19. The Balaban J connectivity index is 0.000000519.